The molecule has 0 bridgehead atoms. The molecule has 0 spiro atoms. The molecule has 1 aromatic carbocycles. The number of halogens is 1. The molecule has 1 saturated heterocycles. The van der Waals surface area contributed by atoms with E-state index in [-0.39, 0.29) is 22.6 Å². The summed E-state index contributed by atoms with van der Waals surface area (Å²) in [5, 5.41) is 0. The Morgan fingerprint density at radius 3 is 2.65 bits per heavy atom. The molecule has 2 fully saturated rings. The molecule has 126 valence electrons. The van der Waals surface area contributed by atoms with E-state index in [9.17, 15) is 9.18 Å². The zero-order valence-electron chi connectivity index (χ0n) is 13.8. The van der Waals surface area contributed by atoms with Crippen molar-refractivity contribution in [1.29, 1.82) is 0 Å². The fourth-order valence-electron chi connectivity index (χ4n) is 4.50. The molecular formula is C18H25FN2O2. The first-order chi connectivity index (χ1) is 10.8. The number of carbonyl (C=O) groups excluding carboxylic acids is 1. The molecule has 4 nitrogen and oxygen atoms in total. The van der Waals surface area contributed by atoms with E-state index in [1.165, 1.54) is 12.1 Å². The summed E-state index contributed by atoms with van der Waals surface area (Å²) >= 11 is 0. The van der Waals surface area contributed by atoms with Crippen molar-refractivity contribution in [3.8, 4) is 5.75 Å². The smallest absolute Gasteiger partial charge is 0.225 e. The van der Waals surface area contributed by atoms with E-state index >= 15 is 0 Å². The summed E-state index contributed by atoms with van der Waals surface area (Å²) in [6.45, 7) is 7.63. The number of amides is 1. The van der Waals surface area contributed by atoms with Crippen molar-refractivity contribution in [2.75, 3.05) is 26.2 Å². The molecule has 0 radical (unpaired) electrons. The summed E-state index contributed by atoms with van der Waals surface area (Å²) in [7, 11) is 0. The van der Waals surface area contributed by atoms with E-state index in [4.69, 9.17) is 10.5 Å². The average Bonchev–Trinajstić information content (AvgIpc) is 2.81. The van der Waals surface area contributed by atoms with Crippen LogP contribution >= 0.6 is 0 Å². The van der Waals surface area contributed by atoms with Gasteiger partial charge in [-0.3, -0.25) is 4.79 Å². The Bertz CT molecular complexity index is 587. The molecule has 0 aromatic heterocycles. The lowest BCUT2D eigenvalue weighted by Gasteiger charge is -2.54. The van der Waals surface area contributed by atoms with Gasteiger partial charge in [-0.25, -0.2) is 4.39 Å². The Hall–Kier alpha value is -1.62. The molecule has 2 N–H and O–H groups in total. The number of nitrogens with two attached hydrogens (primary N) is 1. The lowest BCUT2D eigenvalue weighted by Crippen LogP contribution is -2.59. The summed E-state index contributed by atoms with van der Waals surface area (Å²) in [6, 6.07) is 6.06. The third-order valence-corrected chi connectivity index (χ3v) is 5.52. The van der Waals surface area contributed by atoms with Crippen molar-refractivity contribution in [2.24, 2.45) is 22.5 Å². The highest BCUT2D eigenvalue weighted by molar-refractivity contribution is 5.83. The molecule has 3 rings (SSSR count). The Labute approximate surface area is 136 Å². The second-order valence-electron chi connectivity index (χ2n) is 7.63. The number of nitrogens with zero attached hydrogens (tertiary/aromatic N) is 1. The molecule has 2 aliphatic rings. The van der Waals surface area contributed by atoms with Gasteiger partial charge in [0.05, 0.1) is 12.0 Å². The molecule has 1 aliphatic carbocycles. The van der Waals surface area contributed by atoms with Crippen LogP contribution in [0.25, 0.3) is 0 Å². The molecule has 1 heterocycles. The van der Waals surface area contributed by atoms with Crippen LogP contribution in [0.1, 0.15) is 26.7 Å². The second kappa shape index (κ2) is 5.78. The first-order valence-electron chi connectivity index (χ1n) is 8.24. The molecule has 1 amide bonds. The van der Waals surface area contributed by atoms with Crippen LogP contribution in [0.3, 0.4) is 0 Å². The number of hydrogen-bond donors (Lipinski definition) is 1. The van der Waals surface area contributed by atoms with Crippen LogP contribution in [-0.4, -0.2) is 37.0 Å². The van der Waals surface area contributed by atoms with E-state index in [2.05, 4.69) is 18.7 Å². The fraction of sp³-hybridized carbons (Fsp3) is 0.611. The largest absolute Gasteiger partial charge is 0.494 e. The van der Waals surface area contributed by atoms with Gasteiger partial charge in [0.1, 0.15) is 11.6 Å². The first kappa shape index (κ1) is 16.2. The van der Waals surface area contributed by atoms with Gasteiger partial charge in [-0.2, -0.15) is 0 Å². The lowest BCUT2D eigenvalue weighted by molar-refractivity contribution is -0.148. The second-order valence-corrected chi connectivity index (χ2v) is 7.63. The van der Waals surface area contributed by atoms with E-state index in [0.29, 0.717) is 18.3 Å². The average molecular weight is 320 g/mol. The SMILES string of the molecule is CC1(C)C[C@]2(C(N)=O)CN(CCCOc3ccc(F)cc3)C[C@H]12. The van der Waals surface area contributed by atoms with Gasteiger partial charge in [-0.05, 0) is 48.4 Å². The normalized spacial score (nSPS) is 28.9. The maximum absolute atomic E-state index is 12.8. The number of benzene rings is 1. The van der Waals surface area contributed by atoms with Gasteiger partial charge in [-0.15, -0.1) is 0 Å². The number of fused-ring (bicyclic) bond motifs is 1. The summed E-state index contributed by atoms with van der Waals surface area (Å²) in [4.78, 5) is 14.2. The predicted octanol–water partition coefficient (Wildman–Crippen LogP) is 2.43. The third-order valence-electron chi connectivity index (χ3n) is 5.52. The minimum absolute atomic E-state index is 0.146. The van der Waals surface area contributed by atoms with Crippen molar-refractivity contribution in [2.45, 2.75) is 26.7 Å². The maximum Gasteiger partial charge on any atom is 0.225 e. The van der Waals surface area contributed by atoms with Crippen LogP contribution in [-0.2, 0) is 4.79 Å². The number of primary amides is 1. The summed E-state index contributed by atoms with van der Waals surface area (Å²) in [5.41, 5.74) is 5.56. The number of ether oxygens (including phenoxy) is 1. The molecule has 5 heteroatoms. The zero-order chi connectivity index (χ0) is 16.7. The van der Waals surface area contributed by atoms with Crippen LogP contribution in [0, 0.1) is 22.6 Å². The van der Waals surface area contributed by atoms with Gasteiger partial charge in [0, 0.05) is 19.6 Å². The number of rotatable bonds is 6. The Kier molecular flexibility index (Phi) is 4.08. The van der Waals surface area contributed by atoms with Crippen LogP contribution in [0.4, 0.5) is 4.39 Å². The van der Waals surface area contributed by atoms with Gasteiger partial charge >= 0.3 is 0 Å². The van der Waals surface area contributed by atoms with Crippen LogP contribution in [0.2, 0.25) is 0 Å². The van der Waals surface area contributed by atoms with Crippen LogP contribution < -0.4 is 10.5 Å². The highest BCUT2D eigenvalue weighted by Gasteiger charge is 2.65. The number of hydrogen-bond acceptors (Lipinski definition) is 3. The Balaban J connectivity index is 1.47. The Morgan fingerprint density at radius 1 is 1.39 bits per heavy atom. The number of carbonyl (C=O) groups is 1. The number of likely N-dealkylation sites (tertiary alicyclic amines) is 1. The quantitative estimate of drug-likeness (QED) is 0.819. The van der Waals surface area contributed by atoms with Crippen molar-refractivity contribution in [3.05, 3.63) is 30.1 Å². The van der Waals surface area contributed by atoms with E-state index < -0.39 is 0 Å². The molecule has 1 aromatic rings. The zero-order valence-corrected chi connectivity index (χ0v) is 13.8. The van der Waals surface area contributed by atoms with Gasteiger partial charge in [0.2, 0.25) is 5.91 Å². The van der Waals surface area contributed by atoms with E-state index in [1.807, 2.05) is 0 Å². The standard InChI is InChI=1S/C18H25FN2O2/c1-17(2)11-18(16(20)22)12-21(10-15(17)18)8-3-9-23-14-6-4-13(19)5-7-14/h4-7,15H,3,8-12H2,1-2H3,(H2,20,22)/t15-,18+/m1/s1. The van der Waals surface area contributed by atoms with E-state index in [1.54, 1.807) is 12.1 Å². The molecular weight excluding hydrogens is 295 g/mol. The van der Waals surface area contributed by atoms with Gasteiger partial charge in [0.15, 0.2) is 0 Å². The van der Waals surface area contributed by atoms with Crippen LogP contribution in [0.5, 0.6) is 5.75 Å². The van der Waals surface area contributed by atoms with Crippen molar-refractivity contribution in [1.82, 2.24) is 4.90 Å². The third kappa shape index (κ3) is 2.94. The molecule has 1 aliphatic heterocycles. The minimum atomic E-state index is -0.318. The maximum atomic E-state index is 12.8. The molecule has 1 saturated carbocycles. The van der Waals surface area contributed by atoms with Crippen LogP contribution in [0.15, 0.2) is 24.3 Å². The summed E-state index contributed by atoms with van der Waals surface area (Å²) < 4.78 is 18.4. The summed E-state index contributed by atoms with van der Waals surface area (Å²) in [5.74, 6) is 0.643. The predicted molar refractivity (Wildman–Crippen MR) is 86.5 cm³/mol. The lowest BCUT2D eigenvalue weighted by atomic mass is 9.48. The molecule has 0 unspecified atom stereocenters. The van der Waals surface area contributed by atoms with Gasteiger partial charge < -0.3 is 15.4 Å². The van der Waals surface area contributed by atoms with Crippen molar-refractivity contribution < 1.29 is 13.9 Å². The highest BCUT2D eigenvalue weighted by Crippen LogP contribution is 2.62. The van der Waals surface area contributed by atoms with Crippen molar-refractivity contribution in [3.63, 3.8) is 0 Å². The molecule has 23 heavy (non-hydrogen) atoms. The minimum Gasteiger partial charge on any atom is -0.494 e. The van der Waals surface area contributed by atoms with Crippen molar-refractivity contribution >= 4 is 5.91 Å². The van der Waals surface area contributed by atoms with Gasteiger partial charge in [0.25, 0.3) is 0 Å². The topological polar surface area (TPSA) is 55.6 Å². The molecule has 2 atom stereocenters. The summed E-state index contributed by atoms with van der Waals surface area (Å²) in [6.07, 6.45) is 1.77. The highest BCUT2D eigenvalue weighted by atomic mass is 19.1. The monoisotopic (exact) mass is 320 g/mol. The first-order valence-corrected chi connectivity index (χ1v) is 8.24. The Morgan fingerprint density at radius 2 is 2.09 bits per heavy atom. The fourth-order valence-corrected chi connectivity index (χ4v) is 4.50. The van der Waals surface area contributed by atoms with Gasteiger partial charge in [-0.1, -0.05) is 13.8 Å². The van der Waals surface area contributed by atoms with E-state index in [0.717, 1.165) is 32.5 Å².